The zero-order chi connectivity index (χ0) is 51.4. The van der Waals surface area contributed by atoms with Crippen molar-refractivity contribution in [2.75, 3.05) is 10.6 Å². The third-order valence-corrected chi connectivity index (χ3v) is 14.9. The van der Waals surface area contributed by atoms with Gasteiger partial charge < -0.3 is 42.3 Å². The Morgan fingerprint density at radius 2 is 1.04 bits per heavy atom. The summed E-state index contributed by atoms with van der Waals surface area (Å²) in [5.41, 5.74) is 11.3. The number of amides is 3. The SMILES string of the molecule is C.C=CC(=O)Cl.C=CC(=O)N[C@@H]1CC[C@H](C(=O)N[C@H]2CCC[C@@H](Nc3ncc(Cl)c(-c4c[nH]c5ccccc45)n3)C2)C1.N[C@@H]1CC[C@H](C(=O)N[C@H]2CCC[C@@H](Nc3ncc(Cl)c(-c4c[nH]c5ccccc45)n3)C2)C1. The van der Waals surface area contributed by atoms with E-state index in [1.807, 2.05) is 54.9 Å². The Labute approximate surface area is 447 Å². The normalized spacial score (nSPS) is 23.1. The summed E-state index contributed by atoms with van der Waals surface area (Å²) in [6.07, 6.45) is 22.1. The molecule has 392 valence electrons. The quantitative estimate of drug-likeness (QED) is 0.0400. The van der Waals surface area contributed by atoms with Crippen molar-refractivity contribution in [3.63, 3.8) is 0 Å². The second-order valence-electron chi connectivity index (χ2n) is 19.4. The number of H-pyrrole nitrogens is 2. The summed E-state index contributed by atoms with van der Waals surface area (Å²) >= 11 is 17.6. The molecule has 9 N–H and O–H groups in total. The number of aromatic amines is 2. The minimum absolute atomic E-state index is 0. The number of hydrogen-bond donors (Lipinski definition) is 8. The fraction of sp³-hybridized carbons (Fsp3) is 0.418. The number of halogens is 3. The van der Waals surface area contributed by atoms with Crippen molar-refractivity contribution >= 4 is 91.5 Å². The summed E-state index contributed by atoms with van der Waals surface area (Å²) in [4.78, 5) is 71.4. The van der Waals surface area contributed by atoms with Gasteiger partial charge in [0, 0.05) is 93.4 Å². The Morgan fingerprint density at radius 1 is 0.595 bits per heavy atom. The van der Waals surface area contributed by atoms with Crippen LogP contribution >= 0.6 is 34.8 Å². The van der Waals surface area contributed by atoms with Gasteiger partial charge in [-0.25, -0.2) is 19.9 Å². The molecule has 2 aromatic carbocycles. The van der Waals surface area contributed by atoms with Gasteiger partial charge in [0.05, 0.1) is 33.8 Å². The number of nitrogens with one attached hydrogen (secondary N) is 7. The van der Waals surface area contributed by atoms with Crippen LogP contribution in [0, 0.1) is 11.8 Å². The number of carbonyl (C=O) groups is 4. The second-order valence-corrected chi connectivity index (χ2v) is 20.6. The maximum absolute atomic E-state index is 12.9. The summed E-state index contributed by atoms with van der Waals surface area (Å²) in [6, 6.07) is 17.0. The molecule has 0 aliphatic heterocycles. The Hall–Kier alpha value is -6.33. The third kappa shape index (κ3) is 14.5. The highest BCUT2D eigenvalue weighted by atomic mass is 35.5. The van der Waals surface area contributed by atoms with E-state index in [-0.39, 0.29) is 73.2 Å². The van der Waals surface area contributed by atoms with E-state index in [0.717, 1.165) is 122 Å². The van der Waals surface area contributed by atoms with Gasteiger partial charge in [-0.1, -0.05) is 80.2 Å². The fourth-order valence-electron chi connectivity index (χ4n) is 10.6. The largest absolute Gasteiger partial charge is 0.360 e. The van der Waals surface area contributed by atoms with Crippen molar-refractivity contribution in [1.29, 1.82) is 0 Å². The molecule has 0 bridgehead atoms. The van der Waals surface area contributed by atoms with E-state index in [4.69, 9.17) is 50.5 Å². The van der Waals surface area contributed by atoms with Crippen molar-refractivity contribution in [2.24, 2.45) is 17.6 Å². The molecule has 4 aliphatic rings. The van der Waals surface area contributed by atoms with E-state index in [1.54, 1.807) is 12.4 Å². The van der Waals surface area contributed by atoms with E-state index >= 15 is 0 Å². The van der Waals surface area contributed by atoms with Crippen molar-refractivity contribution in [2.45, 2.75) is 134 Å². The van der Waals surface area contributed by atoms with Gasteiger partial charge in [-0.2, -0.15) is 0 Å². The van der Waals surface area contributed by atoms with E-state index in [1.165, 1.54) is 6.08 Å². The van der Waals surface area contributed by atoms with Gasteiger partial charge in [-0.3, -0.25) is 19.2 Å². The number of benzene rings is 2. The minimum Gasteiger partial charge on any atom is -0.360 e. The third-order valence-electron chi connectivity index (χ3n) is 14.2. The molecule has 4 fully saturated rings. The van der Waals surface area contributed by atoms with Gasteiger partial charge in [-0.05, 0) is 126 Å². The molecule has 0 spiro atoms. The van der Waals surface area contributed by atoms with Crippen LogP contribution in [0.3, 0.4) is 0 Å². The Kier molecular flexibility index (Phi) is 19.7. The first-order chi connectivity index (χ1) is 35.3. The highest BCUT2D eigenvalue weighted by Gasteiger charge is 2.34. The van der Waals surface area contributed by atoms with E-state index in [2.05, 4.69) is 65.7 Å². The molecule has 4 saturated carbocycles. The first-order valence-corrected chi connectivity index (χ1v) is 26.3. The topological polar surface area (TPSA) is 238 Å². The van der Waals surface area contributed by atoms with E-state index in [0.29, 0.717) is 39.8 Å². The standard InChI is InChI=1S/C27H31ClN6O2.C24H29ClN6O.C3H3ClO.CH4/c1-2-24(35)31-19-11-10-16(12-19)26(36)32-17-6-5-7-18(13-17)33-27-30-15-22(28)25(34-27)21-14-29-23-9-4-3-8-20(21)23;25-20-13-28-24(31-22(20)19-12-27-21-7-2-1-6-18(19)21)30-17-5-3-4-16(11-17)29-23(32)14-8-9-15(26)10-14;1-2-3(4)5;/h2-4,8-9,14-19,29H,1,5-7,10-13H2,(H,31,35)(H,32,36)(H,30,33,34);1-2,6-7,12-17,27H,3-5,8-11,26H2,(H,29,32)(H,28,30,31);2H,1H2;1H4/t16-,17-,18+,19+;14-,15+,16-,17+;;/m00../s1. The molecule has 0 unspecified atom stereocenters. The number of nitrogens with two attached hydrogens (primary N) is 1. The van der Waals surface area contributed by atoms with Crippen molar-refractivity contribution in [1.82, 2.24) is 45.9 Å². The van der Waals surface area contributed by atoms with Gasteiger partial charge in [0.25, 0.3) is 0 Å². The molecule has 74 heavy (non-hydrogen) atoms. The number of anilines is 2. The Balaban J connectivity index is 0.000000197. The summed E-state index contributed by atoms with van der Waals surface area (Å²) in [5, 5.41) is 19.0. The number of fused-ring (bicyclic) bond motifs is 2. The van der Waals surface area contributed by atoms with Crippen LogP contribution in [0.2, 0.25) is 10.0 Å². The predicted octanol–water partition coefficient (Wildman–Crippen LogP) is 10.4. The van der Waals surface area contributed by atoms with Crippen molar-refractivity contribution < 1.29 is 19.2 Å². The second kappa shape index (κ2) is 26.2. The number of para-hydroxylation sites is 2. The van der Waals surface area contributed by atoms with Crippen LogP contribution in [-0.2, 0) is 19.2 Å². The molecule has 0 radical (unpaired) electrons. The van der Waals surface area contributed by atoms with Crippen LogP contribution in [0.1, 0.15) is 97.3 Å². The lowest BCUT2D eigenvalue weighted by molar-refractivity contribution is -0.126. The van der Waals surface area contributed by atoms with Gasteiger partial charge >= 0.3 is 0 Å². The van der Waals surface area contributed by atoms with Gasteiger partial charge in [0.2, 0.25) is 34.9 Å². The van der Waals surface area contributed by atoms with Crippen LogP contribution in [0.4, 0.5) is 11.9 Å². The first kappa shape index (κ1) is 55.4. The monoisotopic (exact) mass is 1060 g/mol. The van der Waals surface area contributed by atoms with Crippen molar-refractivity contribution in [3.05, 3.63) is 109 Å². The zero-order valence-corrected chi connectivity index (χ0v) is 42.9. The lowest BCUT2D eigenvalue weighted by Crippen LogP contribution is -2.44. The molecule has 3 amide bonds. The molecular weight excluding hydrogens is 999 g/mol. The molecule has 4 heterocycles. The zero-order valence-electron chi connectivity index (χ0n) is 40.6. The van der Waals surface area contributed by atoms with Crippen LogP contribution in [0.15, 0.2) is 98.6 Å². The fourth-order valence-corrected chi connectivity index (χ4v) is 10.9. The number of carbonyl (C=O) groups excluding carboxylic acids is 4. The number of allylic oxidation sites excluding steroid dienone is 1. The molecule has 4 aromatic heterocycles. The first-order valence-electron chi connectivity index (χ1n) is 25.2. The maximum Gasteiger partial charge on any atom is 0.244 e. The molecule has 19 heteroatoms. The van der Waals surface area contributed by atoms with Crippen LogP contribution in [0.25, 0.3) is 44.3 Å². The van der Waals surface area contributed by atoms with Gasteiger partial charge in [0.15, 0.2) is 0 Å². The Bertz CT molecular complexity index is 2930. The van der Waals surface area contributed by atoms with Crippen LogP contribution in [0.5, 0.6) is 0 Å². The minimum atomic E-state index is -0.509. The van der Waals surface area contributed by atoms with E-state index < -0.39 is 5.24 Å². The predicted molar refractivity (Wildman–Crippen MR) is 297 cm³/mol. The average Bonchev–Trinajstić information content (AvgIpc) is 4.23. The van der Waals surface area contributed by atoms with Crippen molar-refractivity contribution in [3.8, 4) is 22.5 Å². The molecular formula is C55H67Cl3N12O4. The molecule has 0 saturated heterocycles. The lowest BCUT2D eigenvalue weighted by atomic mass is 9.90. The van der Waals surface area contributed by atoms with E-state index in [9.17, 15) is 19.2 Å². The smallest absolute Gasteiger partial charge is 0.244 e. The summed E-state index contributed by atoms with van der Waals surface area (Å²) in [6.45, 7) is 6.57. The highest BCUT2D eigenvalue weighted by molar-refractivity contribution is 6.66. The number of aromatic nitrogens is 6. The molecule has 16 nitrogen and oxygen atoms in total. The number of rotatable bonds is 13. The lowest BCUT2D eigenvalue weighted by Gasteiger charge is -2.31. The molecule has 8 atom stereocenters. The summed E-state index contributed by atoms with van der Waals surface area (Å²) in [7, 11) is 0. The summed E-state index contributed by atoms with van der Waals surface area (Å²) < 4.78 is 0. The van der Waals surface area contributed by atoms with Gasteiger partial charge in [-0.15, -0.1) is 0 Å². The van der Waals surface area contributed by atoms with Gasteiger partial charge in [0.1, 0.15) is 0 Å². The summed E-state index contributed by atoms with van der Waals surface area (Å²) in [5.74, 6) is 1.16. The molecule has 10 rings (SSSR count). The van der Waals surface area contributed by atoms with Crippen LogP contribution < -0.4 is 32.3 Å². The average molecular weight is 1070 g/mol. The Morgan fingerprint density at radius 3 is 1.50 bits per heavy atom. The molecule has 4 aliphatic carbocycles. The number of hydrogen-bond acceptors (Lipinski definition) is 11. The molecule has 6 aromatic rings. The maximum atomic E-state index is 12.9. The van der Waals surface area contributed by atoms with Crippen LogP contribution in [-0.4, -0.2) is 89.1 Å². The highest BCUT2D eigenvalue weighted by Crippen LogP contribution is 2.35. The number of nitrogens with zero attached hydrogens (tertiary/aromatic N) is 4.